The molecule has 1 amide bonds. The fraction of sp³-hybridized carbons (Fsp3) is 0.308. The quantitative estimate of drug-likeness (QED) is 0.460. The number of hydrogen-bond acceptors (Lipinski definition) is 5. The van der Waals surface area contributed by atoms with Gasteiger partial charge in [0.1, 0.15) is 5.82 Å². The first-order valence-corrected chi connectivity index (χ1v) is 13.0. The van der Waals surface area contributed by atoms with Gasteiger partial charge in [-0.15, -0.1) is 0 Å². The SMILES string of the molecule is CCc1ccccc1Nc1c(C(=O)N2CCC(c3ccc(F)cc3)CC2)cnc(S(=O)(=O)O)c1C. The fourth-order valence-corrected chi connectivity index (χ4v) is 5.26. The second-order valence-corrected chi connectivity index (χ2v) is 10.0. The molecule has 3 aromatic rings. The van der Waals surface area contributed by atoms with Gasteiger partial charge in [0.2, 0.25) is 0 Å². The first-order valence-electron chi connectivity index (χ1n) is 11.6. The van der Waals surface area contributed by atoms with Crippen LogP contribution in [0.3, 0.4) is 0 Å². The Hall–Kier alpha value is -3.30. The van der Waals surface area contributed by atoms with Crippen molar-refractivity contribution in [3.63, 3.8) is 0 Å². The van der Waals surface area contributed by atoms with Crippen molar-refractivity contribution in [3.05, 3.63) is 82.8 Å². The predicted octanol–water partition coefficient (Wildman–Crippen LogP) is 5.10. The van der Waals surface area contributed by atoms with E-state index in [4.69, 9.17) is 0 Å². The largest absolute Gasteiger partial charge is 0.354 e. The molecule has 1 fully saturated rings. The molecule has 0 unspecified atom stereocenters. The zero-order valence-electron chi connectivity index (χ0n) is 19.7. The number of pyridine rings is 1. The molecule has 0 spiro atoms. The van der Waals surface area contributed by atoms with Gasteiger partial charge in [-0.05, 0) is 61.4 Å². The number of nitrogens with one attached hydrogen (secondary N) is 1. The van der Waals surface area contributed by atoms with E-state index in [1.165, 1.54) is 25.3 Å². The summed E-state index contributed by atoms with van der Waals surface area (Å²) < 4.78 is 46.7. The summed E-state index contributed by atoms with van der Waals surface area (Å²) in [6.45, 7) is 4.53. The lowest BCUT2D eigenvalue weighted by atomic mass is 9.89. The van der Waals surface area contributed by atoms with Crippen LogP contribution >= 0.6 is 0 Å². The number of amides is 1. The van der Waals surface area contributed by atoms with Gasteiger partial charge in [-0.3, -0.25) is 9.35 Å². The van der Waals surface area contributed by atoms with Gasteiger partial charge in [-0.1, -0.05) is 37.3 Å². The van der Waals surface area contributed by atoms with E-state index in [0.29, 0.717) is 18.8 Å². The van der Waals surface area contributed by atoms with E-state index in [1.54, 1.807) is 17.0 Å². The molecule has 0 saturated carbocycles. The number of aromatic nitrogens is 1. The first-order chi connectivity index (χ1) is 16.7. The number of benzene rings is 2. The van der Waals surface area contributed by atoms with Crippen LogP contribution in [-0.2, 0) is 16.5 Å². The summed E-state index contributed by atoms with van der Waals surface area (Å²) in [6.07, 6.45) is 3.41. The minimum Gasteiger partial charge on any atom is -0.354 e. The highest BCUT2D eigenvalue weighted by atomic mass is 32.2. The maximum Gasteiger partial charge on any atom is 0.312 e. The Kier molecular flexibility index (Phi) is 7.18. The van der Waals surface area contributed by atoms with Crippen LogP contribution in [0, 0.1) is 12.7 Å². The molecule has 1 aliphatic rings. The maximum atomic E-state index is 13.6. The number of para-hydroxylation sites is 1. The Morgan fingerprint density at radius 1 is 1.14 bits per heavy atom. The van der Waals surface area contributed by atoms with Crippen LogP contribution in [0.5, 0.6) is 0 Å². The van der Waals surface area contributed by atoms with Crippen LogP contribution in [0.15, 0.2) is 59.8 Å². The topological polar surface area (TPSA) is 99.6 Å². The molecule has 0 atom stereocenters. The van der Waals surface area contributed by atoms with Gasteiger partial charge in [0, 0.05) is 30.5 Å². The molecule has 7 nitrogen and oxygen atoms in total. The van der Waals surface area contributed by atoms with Gasteiger partial charge in [-0.2, -0.15) is 8.42 Å². The predicted molar refractivity (Wildman–Crippen MR) is 132 cm³/mol. The number of aryl methyl sites for hydroxylation is 1. The maximum absolute atomic E-state index is 13.6. The van der Waals surface area contributed by atoms with E-state index in [-0.39, 0.29) is 28.8 Å². The molecule has 184 valence electrons. The van der Waals surface area contributed by atoms with Gasteiger partial charge in [0.05, 0.1) is 11.3 Å². The number of carbonyl (C=O) groups excluding carboxylic acids is 1. The molecule has 2 aromatic carbocycles. The zero-order chi connectivity index (χ0) is 25.2. The standard InChI is InChI=1S/C26H28FN3O4S/c1-3-18-6-4-5-7-23(18)29-24-17(2)25(35(32,33)34)28-16-22(24)26(31)30-14-12-20(13-15-30)19-8-10-21(27)11-9-19/h4-11,16,20H,3,12-15H2,1-2H3,(H,28,29)(H,32,33,34). The van der Waals surface area contributed by atoms with E-state index in [9.17, 15) is 22.2 Å². The summed E-state index contributed by atoms with van der Waals surface area (Å²) in [5.74, 6) is -0.311. The third-order valence-electron chi connectivity index (χ3n) is 6.53. The molecule has 1 aromatic heterocycles. The summed E-state index contributed by atoms with van der Waals surface area (Å²) in [7, 11) is -4.58. The van der Waals surface area contributed by atoms with Crippen molar-refractivity contribution in [2.75, 3.05) is 18.4 Å². The van der Waals surface area contributed by atoms with Gasteiger partial charge in [0.25, 0.3) is 5.91 Å². The van der Waals surface area contributed by atoms with Crippen LogP contribution in [0.25, 0.3) is 0 Å². The lowest BCUT2D eigenvalue weighted by Crippen LogP contribution is -2.38. The monoisotopic (exact) mass is 497 g/mol. The van der Waals surface area contributed by atoms with Crippen molar-refractivity contribution in [1.82, 2.24) is 9.88 Å². The summed E-state index contributed by atoms with van der Waals surface area (Å²) in [5, 5.41) is 2.75. The molecule has 1 aliphatic heterocycles. The van der Waals surface area contributed by atoms with Crippen LogP contribution in [0.4, 0.5) is 15.8 Å². The van der Waals surface area contributed by atoms with Crippen molar-refractivity contribution < 1.29 is 22.2 Å². The lowest BCUT2D eigenvalue weighted by Gasteiger charge is -2.33. The number of rotatable bonds is 6. The average Bonchev–Trinajstić information content (AvgIpc) is 2.85. The number of likely N-dealkylation sites (tertiary alicyclic amines) is 1. The average molecular weight is 498 g/mol. The molecule has 35 heavy (non-hydrogen) atoms. The molecule has 0 aliphatic carbocycles. The minimum atomic E-state index is -4.58. The molecule has 0 bridgehead atoms. The highest BCUT2D eigenvalue weighted by Crippen LogP contribution is 2.33. The normalized spacial score (nSPS) is 14.7. The third-order valence-corrected chi connectivity index (χ3v) is 7.43. The molecular weight excluding hydrogens is 469 g/mol. The van der Waals surface area contributed by atoms with Crippen molar-refractivity contribution in [3.8, 4) is 0 Å². The summed E-state index contributed by atoms with van der Waals surface area (Å²) in [6, 6.07) is 14.0. The molecule has 2 heterocycles. The first kappa shape index (κ1) is 24.8. The summed E-state index contributed by atoms with van der Waals surface area (Å²) in [4.78, 5) is 19.2. The molecule has 4 rings (SSSR count). The van der Waals surface area contributed by atoms with Crippen LogP contribution in [0.2, 0.25) is 0 Å². The Morgan fingerprint density at radius 3 is 2.43 bits per heavy atom. The Morgan fingerprint density at radius 2 is 1.80 bits per heavy atom. The minimum absolute atomic E-state index is 0.172. The van der Waals surface area contributed by atoms with Gasteiger partial charge >= 0.3 is 10.1 Å². The van der Waals surface area contributed by atoms with E-state index < -0.39 is 15.1 Å². The van der Waals surface area contributed by atoms with Crippen molar-refractivity contribution >= 4 is 27.4 Å². The van der Waals surface area contributed by atoms with Crippen LogP contribution < -0.4 is 5.32 Å². The molecular formula is C26H28FN3O4S. The molecule has 2 N–H and O–H groups in total. The second-order valence-electron chi connectivity index (χ2n) is 8.71. The third kappa shape index (κ3) is 5.36. The Balaban J connectivity index is 1.64. The second kappa shape index (κ2) is 10.1. The van der Waals surface area contributed by atoms with Crippen LogP contribution in [-0.4, -0.2) is 41.9 Å². The number of halogens is 1. The lowest BCUT2D eigenvalue weighted by molar-refractivity contribution is 0.0713. The van der Waals surface area contributed by atoms with Crippen molar-refractivity contribution in [2.45, 2.75) is 44.1 Å². The Bertz CT molecular complexity index is 1340. The van der Waals surface area contributed by atoms with E-state index in [1.807, 2.05) is 31.2 Å². The van der Waals surface area contributed by atoms with E-state index >= 15 is 0 Å². The number of anilines is 2. The van der Waals surface area contributed by atoms with E-state index in [2.05, 4.69) is 10.3 Å². The van der Waals surface area contributed by atoms with Crippen molar-refractivity contribution in [2.24, 2.45) is 0 Å². The summed E-state index contributed by atoms with van der Waals surface area (Å²) in [5.41, 5.74) is 3.50. The van der Waals surface area contributed by atoms with E-state index in [0.717, 1.165) is 36.1 Å². The summed E-state index contributed by atoms with van der Waals surface area (Å²) >= 11 is 0. The van der Waals surface area contributed by atoms with Gasteiger partial charge < -0.3 is 10.2 Å². The molecule has 9 heteroatoms. The van der Waals surface area contributed by atoms with Crippen LogP contribution in [0.1, 0.15) is 52.7 Å². The number of piperidine rings is 1. The highest BCUT2D eigenvalue weighted by molar-refractivity contribution is 7.85. The number of nitrogens with zero attached hydrogens (tertiary/aromatic N) is 2. The number of hydrogen-bond donors (Lipinski definition) is 2. The fourth-order valence-electron chi connectivity index (χ4n) is 4.58. The number of carbonyl (C=O) groups is 1. The molecule has 0 radical (unpaired) electrons. The highest BCUT2D eigenvalue weighted by Gasteiger charge is 2.29. The van der Waals surface area contributed by atoms with Gasteiger partial charge in [0.15, 0.2) is 5.03 Å². The Labute approximate surface area is 204 Å². The van der Waals surface area contributed by atoms with Gasteiger partial charge in [-0.25, -0.2) is 9.37 Å². The van der Waals surface area contributed by atoms with Crippen molar-refractivity contribution in [1.29, 1.82) is 0 Å². The molecule has 1 saturated heterocycles. The zero-order valence-corrected chi connectivity index (χ0v) is 20.5. The smallest absolute Gasteiger partial charge is 0.312 e.